The predicted octanol–water partition coefficient (Wildman–Crippen LogP) is 2.68. The number of rotatable bonds is 0. The van der Waals surface area contributed by atoms with E-state index in [4.69, 9.17) is 0 Å². The molecule has 0 aliphatic heterocycles. The van der Waals surface area contributed by atoms with Crippen molar-refractivity contribution in [2.75, 3.05) is 0 Å². The van der Waals surface area contributed by atoms with Crippen molar-refractivity contribution in [2.45, 2.75) is 13.1 Å². The third kappa shape index (κ3) is 2.31. The summed E-state index contributed by atoms with van der Waals surface area (Å²) in [4.78, 5) is 25.4. The second kappa shape index (κ2) is 4.62. The highest BCUT2D eigenvalue weighted by Gasteiger charge is 2.37. The Bertz CT molecular complexity index is 827. The predicted molar refractivity (Wildman–Crippen MR) is 69.9 cm³/mol. The van der Waals surface area contributed by atoms with E-state index in [1.165, 1.54) is 13.0 Å². The Morgan fingerprint density at radius 2 is 1.85 bits per heavy atom. The minimum atomic E-state index is -4.82. The number of halogens is 4. The molecule has 1 aromatic carbocycles. The lowest BCUT2D eigenvalue weighted by atomic mass is 10.0. The largest absolute Gasteiger partial charge is 0.504 e. The third-order valence-electron chi connectivity index (χ3n) is 2.71. The van der Waals surface area contributed by atoms with Gasteiger partial charge in [-0.2, -0.15) is 13.2 Å². The monoisotopic (exact) mass is 349 g/mol. The van der Waals surface area contributed by atoms with Crippen LogP contribution in [0.3, 0.4) is 0 Å². The summed E-state index contributed by atoms with van der Waals surface area (Å²) < 4.78 is 39.1. The Balaban J connectivity index is 3.25. The first kappa shape index (κ1) is 14.6. The third-order valence-corrected chi connectivity index (χ3v) is 3.74. The molecule has 1 heterocycles. The normalized spacial score (nSPS) is 11.8. The van der Waals surface area contributed by atoms with Crippen molar-refractivity contribution in [1.82, 2.24) is 4.98 Å². The number of nitrogens with one attached hydrogen (secondary N) is 1. The Labute approximate surface area is 118 Å². The Kier molecular flexibility index (Phi) is 3.37. The topological polar surface area (TPSA) is 70.2 Å². The number of H-pyrrole nitrogens is 1. The molecule has 0 saturated heterocycles. The number of alkyl halides is 3. The molecule has 2 rings (SSSR count). The number of aryl methyl sites for hydroxylation is 1. The molecule has 2 aromatic rings. The lowest BCUT2D eigenvalue weighted by molar-refractivity contribution is -0.136. The first-order valence-corrected chi connectivity index (χ1v) is 6.09. The molecule has 1 aromatic heterocycles. The van der Waals surface area contributed by atoms with Crippen LogP contribution in [0.25, 0.3) is 10.9 Å². The minimum absolute atomic E-state index is 0.200. The lowest BCUT2D eigenvalue weighted by Gasteiger charge is -2.13. The van der Waals surface area contributed by atoms with Crippen molar-refractivity contribution < 1.29 is 18.3 Å². The summed E-state index contributed by atoms with van der Waals surface area (Å²) >= 11 is 2.80. The van der Waals surface area contributed by atoms with E-state index < -0.39 is 33.9 Å². The SMILES string of the molecule is Cc1cc2[nH]c(=O)cc(O)c(=O)c2c(C(F)(F)F)c1Br. The summed E-state index contributed by atoms with van der Waals surface area (Å²) in [5, 5.41) is 8.61. The maximum absolute atomic E-state index is 13.2. The Morgan fingerprint density at radius 3 is 2.40 bits per heavy atom. The highest BCUT2D eigenvalue weighted by molar-refractivity contribution is 9.10. The number of fused-ring (bicyclic) bond motifs is 1. The van der Waals surface area contributed by atoms with Gasteiger partial charge in [0.1, 0.15) is 0 Å². The summed E-state index contributed by atoms with van der Waals surface area (Å²) in [5.74, 6) is -1.04. The van der Waals surface area contributed by atoms with Gasteiger partial charge in [-0.3, -0.25) is 9.59 Å². The van der Waals surface area contributed by atoms with Crippen molar-refractivity contribution in [2.24, 2.45) is 0 Å². The average molecular weight is 350 g/mol. The van der Waals surface area contributed by atoms with Gasteiger partial charge >= 0.3 is 6.18 Å². The van der Waals surface area contributed by atoms with Crippen LogP contribution in [0.1, 0.15) is 11.1 Å². The summed E-state index contributed by atoms with van der Waals surface area (Å²) in [6.07, 6.45) is -4.82. The summed E-state index contributed by atoms with van der Waals surface area (Å²) in [5.41, 5.74) is -3.44. The number of aromatic nitrogens is 1. The fourth-order valence-electron chi connectivity index (χ4n) is 1.88. The molecule has 0 aliphatic rings. The molecular weight excluding hydrogens is 343 g/mol. The summed E-state index contributed by atoms with van der Waals surface area (Å²) in [6.45, 7) is 1.40. The van der Waals surface area contributed by atoms with Gasteiger partial charge in [0, 0.05) is 10.5 Å². The summed E-state index contributed by atoms with van der Waals surface area (Å²) in [7, 11) is 0. The number of aromatic hydroxyl groups is 1. The number of benzene rings is 1. The van der Waals surface area contributed by atoms with Crippen molar-refractivity contribution in [3.05, 3.63) is 48.3 Å². The molecule has 0 unspecified atom stereocenters. The van der Waals surface area contributed by atoms with Crippen molar-refractivity contribution >= 4 is 26.8 Å². The number of aromatic amines is 1. The molecule has 4 nitrogen and oxygen atoms in total. The van der Waals surface area contributed by atoms with E-state index in [-0.39, 0.29) is 15.6 Å². The van der Waals surface area contributed by atoms with Crippen LogP contribution in [0.4, 0.5) is 13.2 Å². The van der Waals surface area contributed by atoms with Gasteiger partial charge in [-0.25, -0.2) is 0 Å². The smallest absolute Gasteiger partial charge is 0.418 e. The van der Waals surface area contributed by atoms with E-state index in [2.05, 4.69) is 20.9 Å². The highest BCUT2D eigenvalue weighted by Crippen LogP contribution is 2.39. The Hall–Kier alpha value is -1.83. The maximum Gasteiger partial charge on any atom is 0.418 e. The average Bonchev–Trinajstić information content (AvgIpc) is 2.38. The molecule has 2 N–H and O–H groups in total. The minimum Gasteiger partial charge on any atom is -0.504 e. The molecule has 106 valence electrons. The fourth-order valence-corrected chi connectivity index (χ4v) is 2.42. The van der Waals surface area contributed by atoms with Crippen molar-refractivity contribution in [3.8, 4) is 5.75 Å². The van der Waals surface area contributed by atoms with Crippen LogP contribution < -0.4 is 11.0 Å². The summed E-state index contributed by atoms with van der Waals surface area (Å²) in [6, 6.07) is 1.78. The van der Waals surface area contributed by atoms with Gasteiger partial charge in [-0.1, -0.05) is 0 Å². The van der Waals surface area contributed by atoms with Gasteiger partial charge in [-0.15, -0.1) is 0 Å². The molecular formula is C12H7BrF3NO3. The van der Waals surface area contributed by atoms with E-state index in [9.17, 15) is 27.9 Å². The number of hydrogen-bond donors (Lipinski definition) is 2. The zero-order valence-corrected chi connectivity index (χ0v) is 11.5. The van der Waals surface area contributed by atoms with Gasteiger partial charge < -0.3 is 10.1 Å². The standard InChI is InChI=1S/C12H7BrF3NO3/c1-4-2-5-8(9(10(4)13)12(14,15)16)11(20)6(18)3-7(19)17-5/h2-3H,1H3,(H,17,19)(H,18,20). The molecule has 0 aliphatic carbocycles. The molecule has 0 bridgehead atoms. The van der Waals surface area contributed by atoms with Gasteiger partial charge in [-0.05, 0) is 34.5 Å². The first-order chi connectivity index (χ1) is 9.12. The second-order valence-electron chi connectivity index (χ2n) is 4.15. The van der Waals surface area contributed by atoms with E-state index in [1.54, 1.807) is 0 Å². The van der Waals surface area contributed by atoms with E-state index in [0.717, 1.165) is 0 Å². The number of hydrogen-bond acceptors (Lipinski definition) is 3. The van der Waals surface area contributed by atoms with Crippen molar-refractivity contribution in [1.29, 1.82) is 0 Å². The fraction of sp³-hybridized carbons (Fsp3) is 0.167. The van der Waals surface area contributed by atoms with Crippen molar-refractivity contribution in [3.63, 3.8) is 0 Å². The lowest BCUT2D eigenvalue weighted by Crippen LogP contribution is -2.13. The van der Waals surface area contributed by atoms with Crippen LogP contribution in [0, 0.1) is 6.92 Å². The molecule has 0 spiro atoms. The van der Waals surface area contributed by atoms with E-state index in [0.29, 0.717) is 6.07 Å². The van der Waals surface area contributed by atoms with Gasteiger partial charge in [0.05, 0.1) is 16.5 Å². The molecule has 0 atom stereocenters. The molecule has 20 heavy (non-hydrogen) atoms. The van der Waals surface area contributed by atoms with Crippen LogP contribution in [0.5, 0.6) is 5.75 Å². The zero-order valence-electron chi connectivity index (χ0n) is 9.93. The molecule has 0 amide bonds. The maximum atomic E-state index is 13.2. The van der Waals surface area contributed by atoms with Gasteiger partial charge in [0.15, 0.2) is 5.75 Å². The van der Waals surface area contributed by atoms with Crippen LogP contribution in [0.15, 0.2) is 26.2 Å². The van der Waals surface area contributed by atoms with Crippen LogP contribution >= 0.6 is 15.9 Å². The first-order valence-electron chi connectivity index (χ1n) is 5.29. The molecule has 0 fully saturated rings. The van der Waals surface area contributed by atoms with Crippen LogP contribution in [-0.4, -0.2) is 10.1 Å². The van der Waals surface area contributed by atoms with E-state index >= 15 is 0 Å². The van der Waals surface area contributed by atoms with E-state index in [1.807, 2.05) is 0 Å². The van der Waals surface area contributed by atoms with Crippen LogP contribution in [-0.2, 0) is 6.18 Å². The zero-order chi connectivity index (χ0) is 15.2. The van der Waals surface area contributed by atoms with Gasteiger partial charge in [0.2, 0.25) is 5.43 Å². The van der Waals surface area contributed by atoms with Gasteiger partial charge in [0.25, 0.3) is 5.56 Å². The highest BCUT2D eigenvalue weighted by atomic mass is 79.9. The quantitative estimate of drug-likeness (QED) is 0.768. The molecule has 8 heteroatoms. The Morgan fingerprint density at radius 1 is 1.25 bits per heavy atom. The van der Waals surface area contributed by atoms with Crippen LogP contribution in [0.2, 0.25) is 0 Å². The molecule has 0 saturated carbocycles. The second-order valence-corrected chi connectivity index (χ2v) is 4.94. The molecule has 0 radical (unpaired) electrons.